The standard InChI is InChI=1S/C22H28O4Si/c1-4-13-25-14-8-15-27(23-2,24-3)26-17-19-10-7-12-21-20-11-6-5-9-18(20)16-22(19)21/h4-7,9-13H,8,14-17H2,1-3H3. The molecule has 27 heavy (non-hydrogen) atoms. The number of hydrogen-bond donors (Lipinski definition) is 0. The zero-order valence-electron chi connectivity index (χ0n) is 16.4. The third kappa shape index (κ3) is 4.50. The van der Waals surface area contributed by atoms with Crippen molar-refractivity contribution in [3.05, 3.63) is 71.5 Å². The van der Waals surface area contributed by atoms with Crippen LogP contribution in [0.15, 0.2) is 54.8 Å². The molecule has 3 rings (SSSR count). The van der Waals surface area contributed by atoms with E-state index in [-0.39, 0.29) is 0 Å². The van der Waals surface area contributed by atoms with Crippen molar-refractivity contribution in [3.63, 3.8) is 0 Å². The van der Waals surface area contributed by atoms with Gasteiger partial charge in [-0.2, -0.15) is 0 Å². The van der Waals surface area contributed by atoms with Crippen LogP contribution in [0.3, 0.4) is 0 Å². The quantitative estimate of drug-likeness (QED) is 0.282. The second-order valence-corrected chi connectivity index (χ2v) is 9.57. The van der Waals surface area contributed by atoms with Gasteiger partial charge in [0.2, 0.25) is 0 Å². The van der Waals surface area contributed by atoms with E-state index in [9.17, 15) is 0 Å². The normalized spacial score (nSPS) is 13.0. The van der Waals surface area contributed by atoms with Crippen molar-refractivity contribution < 1.29 is 18.0 Å². The summed E-state index contributed by atoms with van der Waals surface area (Å²) in [6.45, 7) is 3.06. The monoisotopic (exact) mass is 384 g/mol. The van der Waals surface area contributed by atoms with E-state index in [1.165, 1.54) is 27.8 Å². The van der Waals surface area contributed by atoms with Crippen LogP contribution in [0.1, 0.15) is 30.0 Å². The molecule has 0 spiro atoms. The molecule has 0 amide bonds. The van der Waals surface area contributed by atoms with Crippen molar-refractivity contribution in [2.45, 2.75) is 32.4 Å². The average Bonchev–Trinajstić information content (AvgIpc) is 3.10. The molecule has 0 saturated heterocycles. The molecule has 0 unspecified atom stereocenters. The lowest BCUT2D eigenvalue weighted by molar-refractivity contribution is 0.0883. The molecule has 0 radical (unpaired) electrons. The van der Waals surface area contributed by atoms with E-state index in [0.717, 1.165) is 18.9 Å². The Morgan fingerprint density at radius 2 is 1.78 bits per heavy atom. The molecule has 0 aliphatic heterocycles. The summed E-state index contributed by atoms with van der Waals surface area (Å²) in [6.07, 6.45) is 5.36. The van der Waals surface area contributed by atoms with Gasteiger partial charge in [-0.1, -0.05) is 48.5 Å². The lowest BCUT2D eigenvalue weighted by atomic mass is 10.0. The molecule has 0 saturated carbocycles. The fourth-order valence-electron chi connectivity index (χ4n) is 3.56. The molecule has 5 heteroatoms. The van der Waals surface area contributed by atoms with Crippen LogP contribution in [0.4, 0.5) is 0 Å². The predicted molar refractivity (Wildman–Crippen MR) is 109 cm³/mol. The van der Waals surface area contributed by atoms with Gasteiger partial charge in [0.05, 0.1) is 19.5 Å². The molecule has 2 aromatic rings. The highest BCUT2D eigenvalue weighted by atomic mass is 28.4. The zero-order valence-corrected chi connectivity index (χ0v) is 17.4. The maximum atomic E-state index is 6.27. The number of rotatable bonds is 10. The first-order chi connectivity index (χ1) is 13.2. The van der Waals surface area contributed by atoms with Gasteiger partial charge in [-0.05, 0) is 47.6 Å². The van der Waals surface area contributed by atoms with Crippen LogP contribution in [-0.4, -0.2) is 29.6 Å². The Bertz CT molecular complexity index is 784. The van der Waals surface area contributed by atoms with Gasteiger partial charge in [-0.15, -0.1) is 0 Å². The minimum atomic E-state index is -2.70. The Morgan fingerprint density at radius 3 is 2.56 bits per heavy atom. The van der Waals surface area contributed by atoms with Crippen LogP contribution < -0.4 is 0 Å². The van der Waals surface area contributed by atoms with Gasteiger partial charge in [0, 0.05) is 20.3 Å². The number of fused-ring (bicyclic) bond motifs is 3. The topological polar surface area (TPSA) is 36.9 Å². The smallest absolute Gasteiger partial charge is 0.500 e. The Hall–Kier alpha value is -1.92. The van der Waals surface area contributed by atoms with E-state index in [1.807, 2.05) is 13.0 Å². The van der Waals surface area contributed by atoms with Crippen LogP contribution >= 0.6 is 0 Å². The fourth-order valence-corrected chi connectivity index (χ4v) is 5.47. The second-order valence-electron chi connectivity index (χ2n) is 6.60. The van der Waals surface area contributed by atoms with Gasteiger partial charge < -0.3 is 18.0 Å². The summed E-state index contributed by atoms with van der Waals surface area (Å²) in [5, 5.41) is 0. The van der Waals surface area contributed by atoms with Crippen molar-refractivity contribution in [2.24, 2.45) is 0 Å². The highest BCUT2D eigenvalue weighted by Gasteiger charge is 2.38. The molecule has 1 aliphatic rings. The Kier molecular flexibility index (Phi) is 6.85. The van der Waals surface area contributed by atoms with E-state index in [2.05, 4.69) is 42.5 Å². The van der Waals surface area contributed by atoms with Crippen molar-refractivity contribution in [1.29, 1.82) is 0 Å². The van der Waals surface area contributed by atoms with E-state index < -0.39 is 8.80 Å². The van der Waals surface area contributed by atoms with Gasteiger partial charge in [-0.25, -0.2) is 0 Å². The number of hydrogen-bond acceptors (Lipinski definition) is 4. The molecule has 0 bridgehead atoms. The van der Waals surface area contributed by atoms with E-state index in [4.69, 9.17) is 18.0 Å². The molecule has 0 aromatic heterocycles. The van der Waals surface area contributed by atoms with Crippen LogP contribution in [-0.2, 0) is 31.0 Å². The summed E-state index contributed by atoms with van der Waals surface area (Å²) in [5.41, 5.74) is 6.58. The molecule has 0 N–H and O–H groups in total. The van der Waals surface area contributed by atoms with Crippen molar-refractivity contribution >= 4 is 8.80 Å². The van der Waals surface area contributed by atoms with Gasteiger partial charge in [0.15, 0.2) is 0 Å². The maximum absolute atomic E-state index is 6.27. The van der Waals surface area contributed by atoms with Crippen LogP contribution in [0, 0.1) is 0 Å². The summed E-state index contributed by atoms with van der Waals surface area (Å²) in [4.78, 5) is 0. The third-order valence-electron chi connectivity index (χ3n) is 4.99. The Balaban J connectivity index is 1.68. The SMILES string of the molecule is CC=COCCC[Si](OC)(OC)OCc1cccc2c1Cc1ccccc1-2. The average molecular weight is 385 g/mol. The molecular formula is C22H28O4Si. The van der Waals surface area contributed by atoms with Gasteiger partial charge in [-0.3, -0.25) is 0 Å². The molecule has 0 heterocycles. The summed E-state index contributed by atoms with van der Waals surface area (Å²) in [7, 11) is 0.646. The lowest BCUT2D eigenvalue weighted by Gasteiger charge is -2.27. The summed E-state index contributed by atoms with van der Waals surface area (Å²) < 4.78 is 23.1. The molecule has 144 valence electrons. The minimum absolute atomic E-state index is 0.501. The van der Waals surface area contributed by atoms with Crippen LogP contribution in [0.25, 0.3) is 11.1 Å². The Morgan fingerprint density at radius 1 is 1.00 bits per heavy atom. The maximum Gasteiger partial charge on any atom is 0.500 e. The number of benzene rings is 2. The molecular weight excluding hydrogens is 356 g/mol. The fraction of sp³-hybridized carbons (Fsp3) is 0.364. The zero-order chi connectivity index (χ0) is 19.1. The molecule has 2 aromatic carbocycles. The van der Waals surface area contributed by atoms with Gasteiger partial charge in [0.25, 0.3) is 0 Å². The summed E-state index contributed by atoms with van der Waals surface area (Å²) >= 11 is 0. The first-order valence-corrected chi connectivity index (χ1v) is 11.3. The summed E-state index contributed by atoms with van der Waals surface area (Å²) in [6, 6.07) is 15.8. The molecule has 0 atom stereocenters. The largest absolute Gasteiger partial charge is 0.502 e. The predicted octanol–water partition coefficient (Wildman–Crippen LogP) is 4.95. The summed E-state index contributed by atoms with van der Waals surface area (Å²) in [5.74, 6) is 0. The van der Waals surface area contributed by atoms with Gasteiger partial charge >= 0.3 is 8.80 Å². The van der Waals surface area contributed by atoms with Crippen LogP contribution in [0.2, 0.25) is 6.04 Å². The van der Waals surface area contributed by atoms with E-state index in [0.29, 0.717) is 13.2 Å². The third-order valence-corrected chi connectivity index (χ3v) is 7.79. The minimum Gasteiger partial charge on any atom is -0.502 e. The first kappa shape index (κ1) is 19.8. The molecule has 4 nitrogen and oxygen atoms in total. The van der Waals surface area contributed by atoms with Crippen molar-refractivity contribution in [3.8, 4) is 11.1 Å². The van der Waals surface area contributed by atoms with E-state index >= 15 is 0 Å². The van der Waals surface area contributed by atoms with Crippen LogP contribution in [0.5, 0.6) is 0 Å². The second kappa shape index (κ2) is 9.33. The van der Waals surface area contributed by atoms with Crippen molar-refractivity contribution in [2.75, 3.05) is 20.8 Å². The first-order valence-electron chi connectivity index (χ1n) is 9.39. The highest BCUT2D eigenvalue weighted by molar-refractivity contribution is 6.60. The number of ether oxygens (including phenoxy) is 1. The van der Waals surface area contributed by atoms with Gasteiger partial charge in [0.1, 0.15) is 0 Å². The molecule has 1 aliphatic carbocycles. The lowest BCUT2D eigenvalue weighted by Crippen LogP contribution is -2.43. The van der Waals surface area contributed by atoms with E-state index in [1.54, 1.807) is 20.5 Å². The van der Waals surface area contributed by atoms with Crippen molar-refractivity contribution in [1.82, 2.24) is 0 Å². The molecule has 0 fully saturated rings. The number of allylic oxidation sites excluding steroid dienone is 1. The highest BCUT2D eigenvalue weighted by Crippen LogP contribution is 2.38. The Labute approximate surface area is 163 Å².